The van der Waals surface area contributed by atoms with Crippen molar-refractivity contribution in [2.24, 2.45) is 11.7 Å². The number of nitrogens with two attached hydrogens (primary N) is 1. The molecule has 126 valence electrons. The Labute approximate surface area is 144 Å². The number of nitrogens with zero attached hydrogens (tertiary/aromatic N) is 2. The highest BCUT2D eigenvalue weighted by molar-refractivity contribution is 6.33. The highest BCUT2D eigenvalue weighted by Crippen LogP contribution is 2.29. The Kier molecular flexibility index (Phi) is 4.57. The third-order valence-corrected chi connectivity index (χ3v) is 4.74. The fourth-order valence-corrected chi connectivity index (χ4v) is 3.16. The van der Waals surface area contributed by atoms with Crippen LogP contribution in [0.2, 0.25) is 5.02 Å². The maximum atomic E-state index is 12.7. The number of piperidine rings is 1. The zero-order valence-electron chi connectivity index (χ0n) is 13.2. The molecule has 0 aliphatic carbocycles. The Morgan fingerprint density at radius 1 is 1.33 bits per heavy atom. The van der Waals surface area contributed by atoms with E-state index in [1.54, 1.807) is 23.1 Å². The van der Waals surface area contributed by atoms with Gasteiger partial charge in [0.05, 0.1) is 10.9 Å². The average molecular weight is 348 g/mol. The van der Waals surface area contributed by atoms with Crippen LogP contribution in [0.5, 0.6) is 0 Å². The number of amides is 2. The van der Waals surface area contributed by atoms with Gasteiger partial charge in [0.15, 0.2) is 11.5 Å². The molecule has 3 rings (SSSR count). The van der Waals surface area contributed by atoms with E-state index in [-0.39, 0.29) is 29.5 Å². The van der Waals surface area contributed by atoms with Gasteiger partial charge in [-0.25, -0.2) is 0 Å². The van der Waals surface area contributed by atoms with E-state index in [4.69, 9.17) is 21.9 Å². The molecule has 1 saturated heterocycles. The zero-order chi connectivity index (χ0) is 17.3. The van der Waals surface area contributed by atoms with Gasteiger partial charge in [-0.3, -0.25) is 9.59 Å². The maximum Gasteiger partial charge on any atom is 0.276 e. The summed E-state index contributed by atoms with van der Waals surface area (Å²) < 4.78 is 5.28. The summed E-state index contributed by atoms with van der Waals surface area (Å²) in [5.41, 5.74) is 6.25. The summed E-state index contributed by atoms with van der Waals surface area (Å²) in [6.07, 6.45) is 1.43. The van der Waals surface area contributed by atoms with Crippen molar-refractivity contribution in [3.05, 3.63) is 41.0 Å². The molecule has 0 bridgehead atoms. The van der Waals surface area contributed by atoms with Crippen molar-refractivity contribution in [3.8, 4) is 11.3 Å². The van der Waals surface area contributed by atoms with Gasteiger partial charge in [-0.05, 0) is 31.9 Å². The third-order valence-electron chi connectivity index (χ3n) is 4.41. The highest BCUT2D eigenvalue weighted by Gasteiger charge is 2.33. The van der Waals surface area contributed by atoms with Gasteiger partial charge in [0.1, 0.15) is 0 Å². The fraction of sp³-hybridized carbons (Fsp3) is 0.353. The van der Waals surface area contributed by atoms with E-state index >= 15 is 0 Å². The van der Waals surface area contributed by atoms with Crippen LogP contribution in [0.4, 0.5) is 0 Å². The number of rotatable bonds is 3. The first kappa shape index (κ1) is 16.5. The normalized spacial score (nSPS) is 20.8. The number of carbonyl (C=O) groups is 2. The van der Waals surface area contributed by atoms with Crippen LogP contribution >= 0.6 is 11.6 Å². The van der Waals surface area contributed by atoms with Crippen LogP contribution in [-0.4, -0.2) is 34.5 Å². The first-order valence-electron chi connectivity index (χ1n) is 7.79. The first-order chi connectivity index (χ1) is 11.5. The van der Waals surface area contributed by atoms with Crippen molar-refractivity contribution in [2.75, 3.05) is 6.54 Å². The van der Waals surface area contributed by atoms with Gasteiger partial charge in [-0.15, -0.1) is 0 Å². The summed E-state index contributed by atoms with van der Waals surface area (Å²) in [5.74, 6) is -0.535. The minimum atomic E-state index is -0.378. The monoisotopic (exact) mass is 347 g/mol. The predicted molar refractivity (Wildman–Crippen MR) is 89.4 cm³/mol. The van der Waals surface area contributed by atoms with Gasteiger partial charge in [0.25, 0.3) is 5.91 Å². The molecule has 2 heterocycles. The molecule has 2 amide bonds. The van der Waals surface area contributed by atoms with Crippen molar-refractivity contribution >= 4 is 23.4 Å². The Balaban J connectivity index is 1.83. The lowest BCUT2D eigenvalue weighted by molar-refractivity contribution is -0.123. The summed E-state index contributed by atoms with van der Waals surface area (Å²) in [6.45, 7) is 2.26. The lowest BCUT2D eigenvalue weighted by Gasteiger charge is -2.36. The van der Waals surface area contributed by atoms with E-state index < -0.39 is 0 Å². The number of likely N-dealkylation sites (tertiary alicyclic amines) is 1. The lowest BCUT2D eigenvalue weighted by atomic mass is 9.92. The van der Waals surface area contributed by atoms with Crippen molar-refractivity contribution in [1.82, 2.24) is 10.1 Å². The zero-order valence-corrected chi connectivity index (χ0v) is 14.0. The molecule has 1 fully saturated rings. The Bertz CT molecular complexity index is 774. The number of halogens is 1. The van der Waals surface area contributed by atoms with Crippen molar-refractivity contribution in [2.45, 2.75) is 25.8 Å². The van der Waals surface area contributed by atoms with Gasteiger partial charge in [0, 0.05) is 24.2 Å². The molecule has 24 heavy (non-hydrogen) atoms. The second kappa shape index (κ2) is 6.65. The Morgan fingerprint density at radius 2 is 2.08 bits per heavy atom. The van der Waals surface area contributed by atoms with Crippen LogP contribution in [-0.2, 0) is 4.79 Å². The molecule has 0 radical (unpaired) electrons. The minimum Gasteiger partial charge on any atom is -0.369 e. The average Bonchev–Trinajstić information content (AvgIpc) is 3.04. The van der Waals surface area contributed by atoms with Crippen LogP contribution in [0.3, 0.4) is 0 Å². The molecule has 1 aliphatic heterocycles. The summed E-state index contributed by atoms with van der Waals surface area (Å²) >= 11 is 6.14. The van der Waals surface area contributed by atoms with Crippen LogP contribution in [0.1, 0.15) is 30.3 Å². The molecule has 1 aliphatic rings. The summed E-state index contributed by atoms with van der Waals surface area (Å²) in [6, 6.07) is 8.77. The predicted octanol–water partition coefficient (Wildman–Crippen LogP) is 2.72. The topological polar surface area (TPSA) is 89.4 Å². The molecule has 1 aromatic carbocycles. The molecule has 1 aromatic heterocycles. The summed E-state index contributed by atoms with van der Waals surface area (Å²) in [7, 11) is 0. The largest absolute Gasteiger partial charge is 0.369 e. The van der Waals surface area contributed by atoms with Crippen molar-refractivity contribution in [1.29, 1.82) is 0 Å². The number of carbonyl (C=O) groups excluding carboxylic acids is 2. The minimum absolute atomic E-state index is 0.0218. The molecule has 7 heteroatoms. The molecule has 0 unspecified atom stereocenters. The SMILES string of the molecule is C[C@H]1CC[C@H](C(N)=O)CN1C(=O)c1cc(-c2ccccc2Cl)on1. The smallest absolute Gasteiger partial charge is 0.276 e. The third kappa shape index (κ3) is 3.14. The fourth-order valence-electron chi connectivity index (χ4n) is 2.93. The number of benzene rings is 1. The van der Waals surface area contributed by atoms with E-state index in [2.05, 4.69) is 5.16 Å². The van der Waals surface area contributed by atoms with Crippen LogP contribution < -0.4 is 5.73 Å². The number of hydrogen-bond acceptors (Lipinski definition) is 4. The maximum absolute atomic E-state index is 12.7. The van der Waals surface area contributed by atoms with Gasteiger partial charge in [0.2, 0.25) is 5.91 Å². The first-order valence-corrected chi connectivity index (χ1v) is 8.17. The van der Waals surface area contributed by atoms with Crippen LogP contribution in [0.15, 0.2) is 34.9 Å². The standard InChI is InChI=1S/C17H18ClN3O3/c1-10-6-7-11(16(19)22)9-21(10)17(23)14-8-15(24-20-14)12-4-2-3-5-13(12)18/h2-5,8,10-11H,6-7,9H2,1H3,(H2,19,22)/t10-,11-/m0/s1. The Morgan fingerprint density at radius 3 is 2.79 bits per heavy atom. The molecule has 6 nitrogen and oxygen atoms in total. The number of aromatic nitrogens is 1. The molecular formula is C17H18ClN3O3. The van der Waals surface area contributed by atoms with Gasteiger partial charge < -0.3 is 15.2 Å². The quantitative estimate of drug-likeness (QED) is 0.924. The lowest BCUT2D eigenvalue weighted by Crippen LogP contribution is -2.48. The molecule has 0 spiro atoms. The van der Waals surface area contributed by atoms with Gasteiger partial charge in [-0.2, -0.15) is 0 Å². The molecule has 2 aromatic rings. The molecule has 2 atom stereocenters. The van der Waals surface area contributed by atoms with Crippen LogP contribution in [0, 0.1) is 5.92 Å². The van der Waals surface area contributed by atoms with E-state index in [1.165, 1.54) is 0 Å². The van der Waals surface area contributed by atoms with E-state index in [0.29, 0.717) is 29.3 Å². The van der Waals surface area contributed by atoms with E-state index in [1.807, 2.05) is 19.1 Å². The van der Waals surface area contributed by atoms with Crippen molar-refractivity contribution < 1.29 is 14.1 Å². The second-order valence-electron chi connectivity index (χ2n) is 6.04. The van der Waals surface area contributed by atoms with Gasteiger partial charge >= 0.3 is 0 Å². The van der Waals surface area contributed by atoms with Crippen molar-refractivity contribution in [3.63, 3.8) is 0 Å². The number of primary amides is 1. The van der Waals surface area contributed by atoms with Crippen LogP contribution in [0.25, 0.3) is 11.3 Å². The summed E-state index contributed by atoms with van der Waals surface area (Å²) in [4.78, 5) is 25.8. The number of hydrogen-bond donors (Lipinski definition) is 1. The Hall–Kier alpha value is -2.34. The second-order valence-corrected chi connectivity index (χ2v) is 6.45. The van der Waals surface area contributed by atoms with E-state index in [9.17, 15) is 9.59 Å². The summed E-state index contributed by atoms with van der Waals surface area (Å²) in [5, 5.41) is 4.39. The molecule has 0 saturated carbocycles. The van der Waals surface area contributed by atoms with Gasteiger partial charge in [-0.1, -0.05) is 28.9 Å². The highest BCUT2D eigenvalue weighted by atomic mass is 35.5. The molecule has 2 N–H and O–H groups in total. The molecular weight excluding hydrogens is 330 g/mol. The van der Waals surface area contributed by atoms with E-state index in [0.717, 1.165) is 6.42 Å².